The molecule has 102 valence electrons. The lowest BCUT2D eigenvalue weighted by molar-refractivity contribution is 0.413. The van der Waals surface area contributed by atoms with Crippen LogP contribution in [0.5, 0.6) is 5.75 Å². The van der Waals surface area contributed by atoms with Crippen LogP contribution in [-0.2, 0) is 0 Å². The van der Waals surface area contributed by atoms with Crippen molar-refractivity contribution >= 4 is 10.9 Å². The van der Waals surface area contributed by atoms with Crippen LogP contribution in [0.25, 0.3) is 22.2 Å². The lowest BCUT2D eigenvalue weighted by Crippen LogP contribution is -1.95. The van der Waals surface area contributed by atoms with E-state index in [4.69, 9.17) is 9.26 Å². The standard InChI is InChI=1S/C16H16N2O2/c1-10(2)13-9-20-18-15(13)12-8-17-14-7-5-4-6-11(14)16(12)19-3/h4-10H,1-3H3. The zero-order valence-corrected chi connectivity index (χ0v) is 11.8. The number of pyridine rings is 1. The maximum atomic E-state index is 5.60. The van der Waals surface area contributed by atoms with Gasteiger partial charge in [0, 0.05) is 17.1 Å². The summed E-state index contributed by atoms with van der Waals surface area (Å²) in [5, 5.41) is 5.11. The van der Waals surface area contributed by atoms with Gasteiger partial charge in [0.05, 0.1) is 18.2 Å². The average Bonchev–Trinajstić information content (AvgIpc) is 2.95. The molecule has 0 aliphatic rings. The second kappa shape index (κ2) is 4.96. The molecule has 0 bridgehead atoms. The van der Waals surface area contributed by atoms with E-state index in [0.29, 0.717) is 5.92 Å². The molecule has 0 saturated heterocycles. The fourth-order valence-electron chi connectivity index (χ4n) is 2.36. The molecule has 0 fully saturated rings. The monoisotopic (exact) mass is 268 g/mol. The number of para-hydroxylation sites is 1. The van der Waals surface area contributed by atoms with Gasteiger partial charge < -0.3 is 9.26 Å². The van der Waals surface area contributed by atoms with Gasteiger partial charge in [-0.1, -0.05) is 31.1 Å². The molecule has 0 aliphatic heterocycles. The van der Waals surface area contributed by atoms with Crippen LogP contribution in [-0.4, -0.2) is 17.3 Å². The summed E-state index contributed by atoms with van der Waals surface area (Å²) in [6.07, 6.45) is 3.49. The minimum absolute atomic E-state index is 0.326. The molecule has 2 aromatic heterocycles. The molecule has 4 nitrogen and oxygen atoms in total. The zero-order valence-electron chi connectivity index (χ0n) is 11.8. The highest BCUT2D eigenvalue weighted by Crippen LogP contribution is 2.37. The Kier molecular flexibility index (Phi) is 3.14. The first kappa shape index (κ1) is 12.7. The van der Waals surface area contributed by atoms with E-state index >= 15 is 0 Å². The summed E-state index contributed by atoms with van der Waals surface area (Å²) in [5.41, 5.74) is 3.63. The Morgan fingerprint density at radius 3 is 2.75 bits per heavy atom. The van der Waals surface area contributed by atoms with Crippen LogP contribution in [0, 0.1) is 0 Å². The molecule has 0 radical (unpaired) electrons. The maximum Gasteiger partial charge on any atom is 0.139 e. The fraction of sp³-hybridized carbons (Fsp3) is 0.250. The van der Waals surface area contributed by atoms with Gasteiger partial charge in [0.2, 0.25) is 0 Å². The van der Waals surface area contributed by atoms with Crippen LogP contribution in [0.15, 0.2) is 41.2 Å². The maximum absolute atomic E-state index is 5.60. The molecule has 3 rings (SSSR count). The molecule has 20 heavy (non-hydrogen) atoms. The van der Waals surface area contributed by atoms with E-state index in [0.717, 1.165) is 33.5 Å². The molecule has 0 spiro atoms. The molecule has 0 N–H and O–H groups in total. The lowest BCUT2D eigenvalue weighted by atomic mass is 9.99. The molecule has 1 aromatic carbocycles. The summed E-state index contributed by atoms with van der Waals surface area (Å²) >= 11 is 0. The van der Waals surface area contributed by atoms with Crippen molar-refractivity contribution in [3.63, 3.8) is 0 Å². The normalized spacial score (nSPS) is 11.2. The third-order valence-corrected chi connectivity index (χ3v) is 3.40. The average molecular weight is 268 g/mol. The van der Waals surface area contributed by atoms with Crippen LogP contribution in [0.3, 0.4) is 0 Å². The van der Waals surface area contributed by atoms with Crippen LogP contribution < -0.4 is 4.74 Å². The van der Waals surface area contributed by atoms with Crippen LogP contribution in [0.1, 0.15) is 25.3 Å². The first-order valence-corrected chi connectivity index (χ1v) is 6.58. The minimum atomic E-state index is 0.326. The summed E-state index contributed by atoms with van der Waals surface area (Å²) in [4.78, 5) is 4.48. The summed E-state index contributed by atoms with van der Waals surface area (Å²) < 4.78 is 10.7. The summed E-state index contributed by atoms with van der Waals surface area (Å²) in [5.74, 6) is 1.11. The number of hydrogen-bond donors (Lipinski definition) is 0. The van der Waals surface area contributed by atoms with Crippen molar-refractivity contribution in [1.29, 1.82) is 0 Å². The molecule has 0 unspecified atom stereocenters. The van der Waals surface area contributed by atoms with Gasteiger partial charge in [0.1, 0.15) is 17.7 Å². The van der Waals surface area contributed by atoms with Gasteiger partial charge in [-0.05, 0) is 18.1 Å². The Labute approximate surface area is 117 Å². The second-order valence-electron chi connectivity index (χ2n) is 5.00. The molecule has 4 heteroatoms. The molecule has 0 saturated carbocycles. The number of methoxy groups -OCH3 is 1. The van der Waals surface area contributed by atoms with Gasteiger partial charge in [-0.25, -0.2) is 0 Å². The Morgan fingerprint density at radius 1 is 1.20 bits per heavy atom. The van der Waals surface area contributed by atoms with E-state index in [-0.39, 0.29) is 0 Å². The number of ether oxygens (including phenoxy) is 1. The van der Waals surface area contributed by atoms with Crippen molar-refractivity contribution in [1.82, 2.24) is 10.1 Å². The number of benzene rings is 1. The molecule has 0 atom stereocenters. The van der Waals surface area contributed by atoms with Crippen molar-refractivity contribution in [3.05, 3.63) is 42.3 Å². The number of rotatable bonds is 3. The largest absolute Gasteiger partial charge is 0.495 e. The smallest absolute Gasteiger partial charge is 0.139 e. The van der Waals surface area contributed by atoms with Crippen LogP contribution in [0.2, 0.25) is 0 Å². The van der Waals surface area contributed by atoms with Crippen molar-refractivity contribution in [3.8, 4) is 17.0 Å². The Hall–Kier alpha value is -2.36. The predicted octanol–water partition coefficient (Wildman–Crippen LogP) is 4.02. The number of fused-ring (bicyclic) bond motifs is 1. The molecular weight excluding hydrogens is 252 g/mol. The van der Waals surface area contributed by atoms with Crippen LogP contribution in [0.4, 0.5) is 0 Å². The third-order valence-electron chi connectivity index (χ3n) is 3.40. The second-order valence-corrected chi connectivity index (χ2v) is 5.00. The van der Waals surface area contributed by atoms with Gasteiger partial charge in [0.15, 0.2) is 0 Å². The number of aromatic nitrogens is 2. The van der Waals surface area contributed by atoms with Crippen molar-refractivity contribution in [2.45, 2.75) is 19.8 Å². The van der Waals surface area contributed by atoms with Crippen molar-refractivity contribution in [2.24, 2.45) is 0 Å². The minimum Gasteiger partial charge on any atom is -0.495 e. The Morgan fingerprint density at radius 2 is 2.00 bits per heavy atom. The number of hydrogen-bond acceptors (Lipinski definition) is 4. The molecule has 0 aliphatic carbocycles. The van der Waals surface area contributed by atoms with Gasteiger partial charge in [0.25, 0.3) is 0 Å². The zero-order chi connectivity index (χ0) is 14.1. The SMILES string of the molecule is COc1c(-c2nocc2C(C)C)cnc2ccccc12. The summed E-state index contributed by atoms with van der Waals surface area (Å²) in [7, 11) is 1.67. The van der Waals surface area contributed by atoms with E-state index in [2.05, 4.69) is 24.0 Å². The van der Waals surface area contributed by atoms with Gasteiger partial charge in [-0.3, -0.25) is 4.98 Å². The van der Waals surface area contributed by atoms with Gasteiger partial charge >= 0.3 is 0 Å². The molecular formula is C16H16N2O2. The predicted molar refractivity (Wildman–Crippen MR) is 77.9 cm³/mol. The highest BCUT2D eigenvalue weighted by atomic mass is 16.5. The van der Waals surface area contributed by atoms with E-state index in [1.165, 1.54) is 0 Å². The topological polar surface area (TPSA) is 48.2 Å². The van der Waals surface area contributed by atoms with E-state index < -0.39 is 0 Å². The van der Waals surface area contributed by atoms with Crippen molar-refractivity contribution < 1.29 is 9.26 Å². The third kappa shape index (κ3) is 1.93. The highest BCUT2D eigenvalue weighted by molar-refractivity contribution is 5.91. The van der Waals surface area contributed by atoms with Gasteiger partial charge in [-0.15, -0.1) is 0 Å². The first-order chi connectivity index (χ1) is 9.72. The van der Waals surface area contributed by atoms with E-state index in [1.807, 2.05) is 24.3 Å². The summed E-state index contributed by atoms with van der Waals surface area (Å²) in [6.45, 7) is 4.22. The molecule has 2 heterocycles. The van der Waals surface area contributed by atoms with Crippen LogP contribution >= 0.6 is 0 Å². The lowest BCUT2D eigenvalue weighted by Gasteiger charge is -2.11. The van der Waals surface area contributed by atoms with Gasteiger partial charge in [-0.2, -0.15) is 0 Å². The first-order valence-electron chi connectivity index (χ1n) is 6.58. The Balaban J connectivity index is 2.28. The molecule has 3 aromatic rings. The van der Waals surface area contributed by atoms with E-state index in [1.54, 1.807) is 19.6 Å². The summed E-state index contributed by atoms with van der Waals surface area (Å²) in [6, 6.07) is 7.90. The Bertz CT molecular complexity index is 747. The quantitative estimate of drug-likeness (QED) is 0.719. The van der Waals surface area contributed by atoms with Crippen molar-refractivity contribution in [2.75, 3.05) is 7.11 Å². The fourth-order valence-corrected chi connectivity index (χ4v) is 2.36. The highest BCUT2D eigenvalue weighted by Gasteiger charge is 2.19. The van der Waals surface area contributed by atoms with E-state index in [9.17, 15) is 0 Å². The number of nitrogens with zero attached hydrogens (tertiary/aromatic N) is 2. The molecule has 0 amide bonds.